The number of ketones is 1. The molecular formula is C19H33BrO4Si. The third-order valence-electron chi connectivity index (χ3n) is 4.33. The van der Waals surface area contributed by atoms with Gasteiger partial charge in [-0.25, -0.2) is 0 Å². The Morgan fingerprint density at radius 2 is 1.96 bits per heavy atom. The number of rotatable bonds is 8. The maximum Gasteiger partial charge on any atom is 0.185 e. The van der Waals surface area contributed by atoms with Gasteiger partial charge in [-0.15, -0.1) is 0 Å². The molecule has 0 N–H and O–H groups in total. The van der Waals surface area contributed by atoms with Crippen molar-refractivity contribution in [1.82, 2.24) is 0 Å². The summed E-state index contributed by atoms with van der Waals surface area (Å²) in [4.78, 5) is 13.2. The summed E-state index contributed by atoms with van der Waals surface area (Å²) in [7, 11) is -0.416. The van der Waals surface area contributed by atoms with Crippen LogP contribution in [0.1, 0.15) is 33.6 Å². The number of Topliss-reactive ketones (excluding diaryl/α,β-unsaturated/α-hetero) is 1. The average Bonchev–Trinajstić information content (AvgIpc) is 2.48. The lowest BCUT2D eigenvalue weighted by Crippen LogP contribution is -2.64. The monoisotopic (exact) mass is 432 g/mol. The van der Waals surface area contributed by atoms with Crippen LogP contribution in [0.3, 0.4) is 0 Å². The van der Waals surface area contributed by atoms with Gasteiger partial charge in [0.2, 0.25) is 0 Å². The summed E-state index contributed by atoms with van der Waals surface area (Å²) in [6.45, 7) is 16.5. The smallest absolute Gasteiger partial charge is 0.185 e. The standard InChI is InChI=1S/C19H33BrO4Si/c1-13(2)9-10-19(24-25(6,7)8)16(23-12-22-5)11-15(14(3)4)17(20)18(19)21/h9,15-17H,3,10-12H2,1-2,4-8H3/t15-,16+,17?,19+/m0/s1. The predicted octanol–water partition coefficient (Wildman–Crippen LogP) is 4.85. The molecule has 1 fully saturated rings. The van der Waals surface area contributed by atoms with Crippen molar-refractivity contribution in [3.8, 4) is 0 Å². The highest BCUT2D eigenvalue weighted by atomic mass is 79.9. The van der Waals surface area contributed by atoms with Crippen LogP contribution in [-0.4, -0.2) is 44.5 Å². The summed E-state index contributed by atoms with van der Waals surface area (Å²) >= 11 is 3.62. The summed E-state index contributed by atoms with van der Waals surface area (Å²) in [5, 5.41) is 0. The lowest BCUT2D eigenvalue weighted by molar-refractivity contribution is -0.177. The quantitative estimate of drug-likeness (QED) is 0.238. The van der Waals surface area contributed by atoms with Crippen molar-refractivity contribution in [3.63, 3.8) is 0 Å². The first-order chi connectivity index (χ1) is 11.4. The molecule has 4 atom stereocenters. The van der Waals surface area contributed by atoms with E-state index in [1.165, 1.54) is 0 Å². The minimum atomic E-state index is -2.00. The van der Waals surface area contributed by atoms with Gasteiger partial charge in [-0.05, 0) is 46.8 Å². The molecular weight excluding hydrogens is 400 g/mol. The molecule has 144 valence electrons. The molecule has 0 radical (unpaired) electrons. The minimum Gasteiger partial charge on any atom is -0.403 e. The first-order valence-electron chi connectivity index (χ1n) is 8.72. The molecule has 0 spiro atoms. The van der Waals surface area contributed by atoms with Gasteiger partial charge in [0.1, 0.15) is 12.4 Å². The maximum atomic E-state index is 13.5. The van der Waals surface area contributed by atoms with Gasteiger partial charge in [0, 0.05) is 19.4 Å². The number of allylic oxidation sites excluding steroid dienone is 2. The molecule has 0 bridgehead atoms. The number of carbonyl (C=O) groups excluding carboxylic acids is 1. The van der Waals surface area contributed by atoms with Gasteiger partial charge < -0.3 is 13.9 Å². The van der Waals surface area contributed by atoms with Gasteiger partial charge in [0.25, 0.3) is 0 Å². The molecule has 1 aliphatic rings. The molecule has 25 heavy (non-hydrogen) atoms. The van der Waals surface area contributed by atoms with Crippen molar-refractivity contribution in [3.05, 3.63) is 23.8 Å². The Bertz CT molecular complexity index is 522. The van der Waals surface area contributed by atoms with E-state index in [4.69, 9.17) is 13.9 Å². The van der Waals surface area contributed by atoms with E-state index >= 15 is 0 Å². The van der Waals surface area contributed by atoms with Crippen LogP contribution in [-0.2, 0) is 18.7 Å². The molecule has 1 unspecified atom stereocenters. The van der Waals surface area contributed by atoms with Crippen LogP contribution >= 0.6 is 15.9 Å². The van der Waals surface area contributed by atoms with Gasteiger partial charge in [-0.1, -0.05) is 39.7 Å². The molecule has 1 rings (SSSR count). The molecule has 0 heterocycles. The molecule has 4 nitrogen and oxygen atoms in total. The van der Waals surface area contributed by atoms with Crippen molar-refractivity contribution in [2.75, 3.05) is 13.9 Å². The van der Waals surface area contributed by atoms with Crippen molar-refractivity contribution < 1.29 is 18.7 Å². The summed E-state index contributed by atoms with van der Waals surface area (Å²) in [5.41, 5.74) is 1.15. The van der Waals surface area contributed by atoms with Gasteiger partial charge in [-0.3, -0.25) is 4.79 Å². The summed E-state index contributed by atoms with van der Waals surface area (Å²) in [6, 6.07) is 0. The molecule has 1 saturated carbocycles. The third-order valence-corrected chi connectivity index (χ3v) is 6.36. The molecule has 6 heteroatoms. The second kappa shape index (κ2) is 9.09. The van der Waals surface area contributed by atoms with E-state index in [2.05, 4.69) is 48.2 Å². The first-order valence-corrected chi connectivity index (χ1v) is 13.0. The third kappa shape index (κ3) is 5.86. The largest absolute Gasteiger partial charge is 0.403 e. The van der Waals surface area contributed by atoms with Gasteiger partial charge in [0.05, 0.1) is 10.9 Å². The average molecular weight is 433 g/mol. The van der Waals surface area contributed by atoms with Crippen molar-refractivity contribution >= 4 is 30.0 Å². The topological polar surface area (TPSA) is 44.8 Å². The van der Waals surface area contributed by atoms with Gasteiger partial charge in [-0.2, -0.15) is 0 Å². The fraction of sp³-hybridized carbons (Fsp3) is 0.737. The summed E-state index contributed by atoms with van der Waals surface area (Å²) in [5.74, 6) is 0.0761. The summed E-state index contributed by atoms with van der Waals surface area (Å²) in [6.07, 6.45) is 2.90. The molecule has 0 aromatic heterocycles. The van der Waals surface area contributed by atoms with Crippen molar-refractivity contribution in [2.24, 2.45) is 5.92 Å². The van der Waals surface area contributed by atoms with E-state index in [-0.39, 0.29) is 29.4 Å². The Morgan fingerprint density at radius 1 is 1.36 bits per heavy atom. The van der Waals surface area contributed by atoms with Crippen LogP contribution in [0.2, 0.25) is 19.6 Å². The SMILES string of the molecule is C=C(C)[C@@H]1C[C@@H](OCOC)[C@@](CC=C(C)C)(O[Si](C)(C)C)C(=O)C1Br. The second-order valence-corrected chi connectivity index (χ2v) is 13.5. The Kier molecular flexibility index (Phi) is 8.27. The van der Waals surface area contributed by atoms with E-state index in [0.29, 0.717) is 12.8 Å². The first kappa shape index (κ1) is 22.8. The fourth-order valence-electron chi connectivity index (χ4n) is 3.21. The van der Waals surface area contributed by atoms with Crippen molar-refractivity contribution in [2.45, 2.75) is 69.8 Å². The highest BCUT2D eigenvalue weighted by Crippen LogP contribution is 2.44. The zero-order valence-electron chi connectivity index (χ0n) is 16.6. The number of methoxy groups -OCH3 is 1. The fourth-order valence-corrected chi connectivity index (χ4v) is 5.67. The molecule has 0 aromatic carbocycles. The molecule has 1 aliphatic carbocycles. The van der Waals surface area contributed by atoms with E-state index < -0.39 is 13.9 Å². The number of carbonyl (C=O) groups is 1. The van der Waals surface area contributed by atoms with Crippen LogP contribution in [0.5, 0.6) is 0 Å². The Balaban J connectivity index is 3.39. The van der Waals surface area contributed by atoms with Crippen molar-refractivity contribution in [1.29, 1.82) is 0 Å². The van der Waals surface area contributed by atoms with E-state index in [0.717, 1.165) is 11.1 Å². The Hall–Kier alpha value is -0.273. The normalized spacial score (nSPS) is 30.2. The van der Waals surface area contributed by atoms with Gasteiger partial charge >= 0.3 is 0 Å². The van der Waals surface area contributed by atoms with Gasteiger partial charge in [0.15, 0.2) is 14.1 Å². The highest BCUT2D eigenvalue weighted by Gasteiger charge is 2.56. The van der Waals surface area contributed by atoms with Crippen LogP contribution < -0.4 is 0 Å². The highest BCUT2D eigenvalue weighted by molar-refractivity contribution is 9.10. The Morgan fingerprint density at radius 3 is 2.40 bits per heavy atom. The van der Waals surface area contributed by atoms with E-state index in [9.17, 15) is 4.79 Å². The van der Waals surface area contributed by atoms with Crippen LogP contribution in [0.4, 0.5) is 0 Å². The zero-order chi connectivity index (χ0) is 19.4. The number of alkyl halides is 1. The molecule has 0 aromatic rings. The number of ether oxygens (including phenoxy) is 2. The van der Waals surface area contributed by atoms with Crippen LogP contribution in [0, 0.1) is 5.92 Å². The zero-order valence-corrected chi connectivity index (χ0v) is 19.2. The Labute approximate surface area is 162 Å². The lowest BCUT2D eigenvalue weighted by Gasteiger charge is -2.49. The molecule has 0 amide bonds. The second-order valence-electron chi connectivity index (χ2n) is 8.11. The van der Waals surface area contributed by atoms with Crippen LogP contribution in [0.15, 0.2) is 23.8 Å². The summed E-state index contributed by atoms with van der Waals surface area (Å²) < 4.78 is 17.7. The number of hydrogen-bond acceptors (Lipinski definition) is 4. The number of hydrogen-bond donors (Lipinski definition) is 0. The minimum absolute atomic E-state index is 0.0272. The van der Waals surface area contributed by atoms with Crippen LogP contribution in [0.25, 0.3) is 0 Å². The lowest BCUT2D eigenvalue weighted by atomic mass is 9.71. The van der Waals surface area contributed by atoms with E-state index in [1.807, 2.05) is 20.8 Å². The maximum absolute atomic E-state index is 13.5. The molecule has 0 saturated heterocycles. The predicted molar refractivity (Wildman–Crippen MR) is 109 cm³/mol. The molecule has 0 aliphatic heterocycles. The van der Waals surface area contributed by atoms with E-state index in [1.54, 1.807) is 7.11 Å². The number of halogens is 1.